The lowest BCUT2D eigenvalue weighted by molar-refractivity contribution is 0.0964. The summed E-state index contributed by atoms with van der Waals surface area (Å²) in [4.78, 5) is 28.8. The number of furan rings is 1. The number of sulfonamides is 1. The Morgan fingerprint density at radius 1 is 0.930 bits per heavy atom. The van der Waals surface area contributed by atoms with E-state index < -0.39 is 33.3 Å². The normalized spacial score (nSPS) is 11.7. The number of aromatic amines is 1. The van der Waals surface area contributed by atoms with Gasteiger partial charge in [-0.05, 0) is 72.3 Å². The highest BCUT2D eigenvalue weighted by Crippen LogP contribution is 2.41. The van der Waals surface area contributed by atoms with Gasteiger partial charge in [0.15, 0.2) is 0 Å². The van der Waals surface area contributed by atoms with E-state index in [0.717, 1.165) is 10.6 Å². The number of hydrogen-bond acceptors (Lipinski definition) is 5. The Labute approximate surface area is 244 Å². The van der Waals surface area contributed by atoms with E-state index in [4.69, 9.17) is 4.42 Å². The number of aromatic nitrogens is 2. The fourth-order valence-corrected chi connectivity index (χ4v) is 5.58. The first-order valence-electron chi connectivity index (χ1n) is 13.0. The highest BCUT2D eigenvalue weighted by molar-refractivity contribution is 7.92. The van der Waals surface area contributed by atoms with Gasteiger partial charge in [0.25, 0.3) is 5.91 Å². The summed E-state index contributed by atoms with van der Waals surface area (Å²) in [5.41, 5.74) is 3.04. The zero-order valence-electron chi connectivity index (χ0n) is 23.1. The van der Waals surface area contributed by atoms with Crippen molar-refractivity contribution >= 4 is 43.6 Å². The van der Waals surface area contributed by atoms with Gasteiger partial charge in [-0.2, -0.15) is 0 Å². The second-order valence-corrected chi connectivity index (χ2v) is 12.0. The summed E-state index contributed by atoms with van der Waals surface area (Å²) in [5, 5.41) is 3.00. The maximum Gasteiger partial charge on any atom is 0.331 e. The highest BCUT2D eigenvalue weighted by atomic mass is 32.2. The number of H-pyrrole nitrogens is 1. The summed E-state index contributed by atoms with van der Waals surface area (Å²) in [7, 11) is -0.891. The van der Waals surface area contributed by atoms with Crippen molar-refractivity contribution in [3.05, 3.63) is 107 Å². The van der Waals surface area contributed by atoms with Gasteiger partial charge in [0.05, 0.1) is 34.2 Å². The monoisotopic (exact) mass is 602 g/mol. The van der Waals surface area contributed by atoms with E-state index in [9.17, 15) is 26.8 Å². The van der Waals surface area contributed by atoms with Crippen LogP contribution in [0.25, 0.3) is 50.1 Å². The number of amides is 1. The number of carbonyl (C=O) groups excluding carboxylic acids is 1. The Balaban J connectivity index is 1.66. The van der Waals surface area contributed by atoms with Crippen molar-refractivity contribution in [2.45, 2.75) is 0 Å². The minimum absolute atomic E-state index is 0.185. The van der Waals surface area contributed by atoms with Crippen LogP contribution in [-0.2, 0) is 10.0 Å². The van der Waals surface area contributed by atoms with Gasteiger partial charge in [-0.25, -0.2) is 22.0 Å². The van der Waals surface area contributed by atoms with Crippen LogP contribution < -0.4 is 15.3 Å². The molecule has 4 aromatic carbocycles. The van der Waals surface area contributed by atoms with E-state index >= 15 is 0 Å². The number of nitrogens with one attached hydrogen (secondary N) is 2. The lowest BCUT2D eigenvalue weighted by Crippen LogP contribution is -2.25. The Morgan fingerprint density at radius 3 is 2.19 bits per heavy atom. The highest BCUT2D eigenvalue weighted by Gasteiger charge is 2.26. The molecule has 2 aromatic heterocycles. The smallest absolute Gasteiger partial charge is 0.331 e. The number of rotatable bonds is 6. The minimum Gasteiger partial charge on any atom is -0.455 e. The molecule has 0 saturated heterocycles. The maximum atomic E-state index is 13.7. The predicted octanol–water partition coefficient (Wildman–Crippen LogP) is 5.43. The van der Waals surface area contributed by atoms with Gasteiger partial charge in [0, 0.05) is 36.7 Å². The summed E-state index contributed by atoms with van der Waals surface area (Å²) in [6.45, 7) is 0. The van der Waals surface area contributed by atoms with E-state index in [1.54, 1.807) is 24.3 Å². The molecule has 12 heteroatoms. The second kappa shape index (κ2) is 10.2. The Kier molecular flexibility index (Phi) is 6.65. The summed E-state index contributed by atoms with van der Waals surface area (Å²) >= 11 is 0. The topological polar surface area (TPSA) is 117 Å². The van der Waals surface area contributed by atoms with Crippen LogP contribution >= 0.6 is 0 Å². The molecule has 0 aliphatic rings. The van der Waals surface area contributed by atoms with Gasteiger partial charge >= 0.3 is 5.69 Å². The molecule has 218 valence electrons. The van der Waals surface area contributed by atoms with Crippen LogP contribution in [0.3, 0.4) is 0 Å². The van der Waals surface area contributed by atoms with Crippen LogP contribution in [0.2, 0.25) is 0 Å². The third-order valence-electron chi connectivity index (χ3n) is 7.28. The van der Waals surface area contributed by atoms with E-state index in [2.05, 4.69) is 10.3 Å². The molecule has 2 N–H and O–H groups in total. The van der Waals surface area contributed by atoms with Crippen LogP contribution in [0.1, 0.15) is 10.4 Å². The molecule has 9 nitrogen and oxygen atoms in total. The average Bonchev–Trinajstić information content (AvgIpc) is 3.52. The van der Waals surface area contributed by atoms with Crippen LogP contribution in [0, 0.1) is 11.6 Å². The number of halogens is 2. The summed E-state index contributed by atoms with van der Waals surface area (Å²) in [6, 6.07) is 19.2. The first kappa shape index (κ1) is 27.9. The van der Waals surface area contributed by atoms with E-state index in [1.165, 1.54) is 73.3 Å². The molecule has 43 heavy (non-hydrogen) atoms. The third kappa shape index (κ3) is 4.85. The van der Waals surface area contributed by atoms with Crippen molar-refractivity contribution in [1.29, 1.82) is 0 Å². The molecule has 0 aliphatic heterocycles. The van der Waals surface area contributed by atoms with Crippen molar-refractivity contribution in [3.8, 4) is 28.1 Å². The van der Waals surface area contributed by atoms with Crippen molar-refractivity contribution in [2.75, 3.05) is 24.7 Å². The van der Waals surface area contributed by atoms with Crippen molar-refractivity contribution in [2.24, 2.45) is 0 Å². The molecule has 0 unspecified atom stereocenters. The molecule has 1 amide bonds. The fourth-order valence-electron chi connectivity index (χ4n) is 5.07. The minimum atomic E-state index is -3.76. The summed E-state index contributed by atoms with van der Waals surface area (Å²) < 4.78 is 61.3. The molecule has 0 atom stereocenters. The van der Waals surface area contributed by atoms with E-state index in [1.807, 2.05) is 0 Å². The SMILES string of the molecule is CNC(=O)c1c(-c2ccc(F)cc2)oc2cc(N(C)S(C)(=O)=O)c(-c3ccc4[nH]c(=O)n(-c5ccc(F)cc5)c4c3)cc12. The molecule has 0 spiro atoms. The third-order valence-corrected chi connectivity index (χ3v) is 8.47. The number of carbonyl (C=O) groups is 1. The average molecular weight is 603 g/mol. The Morgan fingerprint density at radius 2 is 1.56 bits per heavy atom. The number of benzene rings is 4. The molecule has 0 saturated carbocycles. The predicted molar refractivity (Wildman–Crippen MR) is 161 cm³/mol. The molecule has 0 aliphatic carbocycles. The van der Waals surface area contributed by atoms with Gasteiger partial charge in [-0.15, -0.1) is 0 Å². The lowest BCUT2D eigenvalue weighted by Gasteiger charge is -2.21. The molecule has 0 bridgehead atoms. The maximum absolute atomic E-state index is 13.7. The standard InChI is InChI=1S/C31H24F2N4O5S/c1-34-30(38)28-23-15-22(18-6-13-24-26(14-18)37(31(39)35-24)21-11-9-20(33)10-12-21)25(36(2)43(3,40)41)16-27(23)42-29(28)17-4-7-19(32)8-5-17/h4-16H,1-3H3,(H,34,38)(H,35,39). The molecule has 6 rings (SSSR count). The fraction of sp³-hybridized carbons (Fsp3) is 0.0968. The molecule has 0 fully saturated rings. The lowest BCUT2D eigenvalue weighted by atomic mass is 9.98. The van der Waals surface area contributed by atoms with Crippen LogP contribution in [0.15, 0.2) is 88.1 Å². The molecule has 6 aromatic rings. The van der Waals surface area contributed by atoms with E-state index in [-0.39, 0.29) is 22.6 Å². The van der Waals surface area contributed by atoms with Crippen molar-refractivity contribution < 1.29 is 26.4 Å². The summed E-state index contributed by atoms with van der Waals surface area (Å²) in [6.07, 6.45) is 1.06. The van der Waals surface area contributed by atoms with Crippen molar-refractivity contribution in [1.82, 2.24) is 14.9 Å². The van der Waals surface area contributed by atoms with Crippen molar-refractivity contribution in [3.63, 3.8) is 0 Å². The molecule has 0 radical (unpaired) electrons. The Hall–Kier alpha value is -5.23. The molecular weight excluding hydrogens is 578 g/mol. The number of anilines is 1. The van der Waals surface area contributed by atoms with Crippen LogP contribution in [0.5, 0.6) is 0 Å². The van der Waals surface area contributed by atoms with E-state index in [0.29, 0.717) is 38.8 Å². The molecule has 2 heterocycles. The molecular formula is C31H24F2N4O5S. The summed E-state index contributed by atoms with van der Waals surface area (Å²) in [5.74, 6) is -1.18. The quantitative estimate of drug-likeness (QED) is 0.264. The van der Waals surface area contributed by atoms with Gasteiger partial charge in [0.2, 0.25) is 10.0 Å². The first-order chi connectivity index (χ1) is 20.5. The van der Waals surface area contributed by atoms with Crippen LogP contribution in [0.4, 0.5) is 14.5 Å². The van der Waals surface area contributed by atoms with Gasteiger partial charge < -0.3 is 14.7 Å². The zero-order chi connectivity index (χ0) is 30.6. The number of fused-ring (bicyclic) bond motifs is 2. The number of nitrogens with zero attached hydrogens (tertiary/aromatic N) is 2. The second-order valence-electron chi connectivity index (χ2n) is 9.96. The number of imidazole rings is 1. The first-order valence-corrected chi connectivity index (χ1v) is 14.8. The van der Waals surface area contributed by atoms with Gasteiger partial charge in [0.1, 0.15) is 23.0 Å². The number of hydrogen-bond donors (Lipinski definition) is 2. The largest absolute Gasteiger partial charge is 0.455 e. The van der Waals surface area contributed by atoms with Gasteiger partial charge in [-0.1, -0.05) is 6.07 Å². The Bertz CT molecular complexity index is 2220. The van der Waals surface area contributed by atoms with Gasteiger partial charge in [-0.3, -0.25) is 13.7 Å². The van der Waals surface area contributed by atoms with Crippen LogP contribution in [-0.4, -0.2) is 44.2 Å². The zero-order valence-corrected chi connectivity index (χ0v) is 23.9.